The number of nitrogens with two attached hydrogens (primary N) is 1. The molecule has 0 amide bonds. The van der Waals surface area contributed by atoms with E-state index in [-0.39, 0.29) is 25.1 Å². The first-order valence-corrected chi connectivity index (χ1v) is 6.93. The summed E-state index contributed by atoms with van der Waals surface area (Å²) < 4.78 is 0.717. The summed E-state index contributed by atoms with van der Waals surface area (Å²) in [6, 6.07) is 4.76. The lowest BCUT2D eigenvalue weighted by Gasteiger charge is -2.32. The maximum atomic E-state index is 11.0. The number of carboxylic acid groups (broad SMARTS) is 2. The van der Waals surface area contributed by atoms with E-state index in [0.29, 0.717) is 5.56 Å². The van der Waals surface area contributed by atoms with Crippen molar-refractivity contribution in [3.63, 3.8) is 0 Å². The molecule has 0 saturated carbocycles. The van der Waals surface area contributed by atoms with Gasteiger partial charge in [-0.15, -0.1) is 0 Å². The molecule has 1 unspecified atom stereocenters. The van der Waals surface area contributed by atoms with Crippen molar-refractivity contribution >= 4 is 27.9 Å². The summed E-state index contributed by atoms with van der Waals surface area (Å²) in [5.74, 6) is -2.22. The fourth-order valence-corrected chi connectivity index (χ4v) is 2.43. The van der Waals surface area contributed by atoms with Gasteiger partial charge in [-0.05, 0) is 30.2 Å². The van der Waals surface area contributed by atoms with Crippen LogP contribution in [-0.2, 0) is 16.0 Å². The first-order chi connectivity index (χ1) is 9.78. The van der Waals surface area contributed by atoms with Crippen LogP contribution in [0.25, 0.3) is 0 Å². The fourth-order valence-electron chi connectivity index (χ4n) is 2.02. The normalized spacial score (nSPS) is 13.6. The molecule has 0 heterocycles. The van der Waals surface area contributed by atoms with Gasteiger partial charge in [0.2, 0.25) is 0 Å². The van der Waals surface area contributed by atoms with Gasteiger partial charge in [-0.2, -0.15) is 0 Å². The monoisotopic (exact) mass is 360 g/mol. The first kappa shape index (κ1) is 17.4. The van der Waals surface area contributed by atoms with Gasteiger partial charge in [0.15, 0.2) is 0 Å². The Kier molecular flexibility index (Phi) is 6.13. The third-order valence-corrected chi connectivity index (χ3v) is 3.56. The lowest BCUT2D eigenvalue weighted by molar-refractivity contribution is -0.140. The smallest absolute Gasteiger partial charge is 0.317 e. The van der Waals surface area contributed by atoms with Crippen LogP contribution < -0.4 is 11.1 Å². The van der Waals surface area contributed by atoms with Gasteiger partial charge in [-0.25, -0.2) is 0 Å². The van der Waals surface area contributed by atoms with Crippen LogP contribution in [0, 0.1) is 0 Å². The van der Waals surface area contributed by atoms with Gasteiger partial charge >= 0.3 is 11.9 Å². The number of aliphatic carboxylic acids is 2. The van der Waals surface area contributed by atoms with Crippen LogP contribution in [0.4, 0.5) is 0 Å². The summed E-state index contributed by atoms with van der Waals surface area (Å²) in [5.41, 5.74) is 5.00. The van der Waals surface area contributed by atoms with E-state index in [2.05, 4.69) is 21.2 Å². The summed E-state index contributed by atoms with van der Waals surface area (Å²) in [5, 5.41) is 30.3. The third-order valence-electron chi connectivity index (χ3n) is 3.07. The minimum absolute atomic E-state index is 0.00135. The number of carbonyl (C=O) groups is 2. The Bertz CT molecular complexity index is 537. The van der Waals surface area contributed by atoms with Gasteiger partial charge in [0.1, 0.15) is 5.75 Å². The Labute approximate surface area is 129 Å². The van der Waals surface area contributed by atoms with Crippen LogP contribution in [-0.4, -0.2) is 45.9 Å². The second-order valence-corrected chi connectivity index (χ2v) is 5.67. The summed E-state index contributed by atoms with van der Waals surface area (Å²) in [7, 11) is 0. The first-order valence-electron chi connectivity index (χ1n) is 6.14. The van der Waals surface area contributed by atoms with E-state index in [1.54, 1.807) is 12.1 Å². The van der Waals surface area contributed by atoms with Crippen molar-refractivity contribution in [1.29, 1.82) is 0 Å². The molecule has 116 valence electrons. The zero-order chi connectivity index (χ0) is 16.0. The lowest BCUT2D eigenvalue weighted by atomic mass is 9.87. The summed E-state index contributed by atoms with van der Waals surface area (Å²) >= 11 is 3.27. The van der Waals surface area contributed by atoms with Crippen molar-refractivity contribution in [3.05, 3.63) is 28.2 Å². The lowest BCUT2D eigenvalue weighted by Crippen LogP contribution is -2.55. The predicted molar refractivity (Wildman–Crippen MR) is 79.2 cm³/mol. The SMILES string of the molecule is NCC(CC(=O)O)(Cc1cc(Br)ccc1O)NCC(=O)O. The Balaban J connectivity index is 3.06. The quantitative estimate of drug-likeness (QED) is 0.456. The van der Waals surface area contributed by atoms with E-state index in [0.717, 1.165) is 4.47 Å². The summed E-state index contributed by atoms with van der Waals surface area (Å²) in [6.45, 7) is -0.502. The maximum absolute atomic E-state index is 11.0. The van der Waals surface area contributed by atoms with Crippen molar-refractivity contribution < 1.29 is 24.9 Å². The Morgan fingerprint density at radius 1 is 1.29 bits per heavy atom. The highest BCUT2D eigenvalue weighted by Crippen LogP contribution is 2.27. The molecule has 0 aliphatic heterocycles. The Morgan fingerprint density at radius 2 is 1.95 bits per heavy atom. The number of phenols is 1. The zero-order valence-corrected chi connectivity index (χ0v) is 12.8. The van der Waals surface area contributed by atoms with Crippen molar-refractivity contribution in [2.24, 2.45) is 5.73 Å². The molecule has 0 aromatic heterocycles. The molecule has 0 aliphatic rings. The number of carboxylic acids is 2. The molecule has 7 nitrogen and oxygen atoms in total. The molecule has 1 rings (SSSR count). The largest absolute Gasteiger partial charge is 0.508 e. The highest BCUT2D eigenvalue weighted by Gasteiger charge is 2.33. The standard InChI is InChI=1S/C13H17BrN2O5/c14-9-1-2-10(17)8(3-9)4-13(7-15,5-11(18)19)16-6-12(20)21/h1-3,16-17H,4-7,15H2,(H,18,19)(H,20,21). The van der Waals surface area contributed by atoms with Gasteiger partial charge in [0.05, 0.1) is 13.0 Å². The number of benzene rings is 1. The van der Waals surface area contributed by atoms with E-state index in [4.69, 9.17) is 15.9 Å². The minimum Gasteiger partial charge on any atom is -0.508 e. The topological polar surface area (TPSA) is 133 Å². The van der Waals surface area contributed by atoms with Crippen LogP contribution in [0.15, 0.2) is 22.7 Å². The molecule has 0 radical (unpaired) electrons. The number of halogens is 1. The molecule has 21 heavy (non-hydrogen) atoms. The van der Waals surface area contributed by atoms with E-state index in [9.17, 15) is 14.7 Å². The maximum Gasteiger partial charge on any atom is 0.317 e. The summed E-state index contributed by atoms with van der Waals surface area (Å²) in [4.78, 5) is 21.8. The van der Waals surface area contributed by atoms with Crippen LogP contribution in [0.3, 0.4) is 0 Å². The summed E-state index contributed by atoms with van der Waals surface area (Å²) in [6.07, 6.45) is -0.267. The van der Waals surface area contributed by atoms with Crippen LogP contribution in [0.1, 0.15) is 12.0 Å². The molecule has 0 saturated heterocycles. The van der Waals surface area contributed by atoms with E-state index in [1.807, 2.05) is 0 Å². The third kappa shape index (κ3) is 5.33. The number of hydrogen-bond donors (Lipinski definition) is 5. The van der Waals surface area contributed by atoms with E-state index < -0.39 is 24.0 Å². The van der Waals surface area contributed by atoms with Crippen LogP contribution in [0.5, 0.6) is 5.75 Å². The average molecular weight is 361 g/mol. The molecule has 0 bridgehead atoms. The van der Waals surface area contributed by atoms with Crippen LogP contribution >= 0.6 is 15.9 Å². The fraction of sp³-hybridized carbons (Fsp3) is 0.385. The van der Waals surface area contributed by atoms with Gasteiger partial charge in [0.25, 0.3) is 0 Å². The van der Waals surface area contributed by atoms with Gasteiger partial charge < -0.3 is 21.1 Å². The number of hydrogen-bond acceptors (Lipinski definition) is 5. The number of nitrogens with one attached hydrogen (secondary N) is 1. The average Bonchev–Trinajstić information content (AvgIpc) is 2.39. The van der Waals surface area contributed by atoms with E-state index in [1.165, 1.54) is 6.07 Å². The van der Waals surface area contributed by atoms with Crippen molar-refractivity contribution in [2.45, 2.75) is 18.4 Å². The molecular weight excluding hydrogens is 344 g/mol. The second-order valence-electron chi connectivity index (χ2n) is 4.75. The van der Waals surface area contributed by atoms with Crippen molar-refractivity contribution in [3.8, 4) is 5.75 Å². The second kappa shape index (κ2) is 7.39. The van der Waals surface area contributed by atoms with Gasteiger partial charge in [-0.1, -0.05) is 15.9 Å². The molecule has 0 fully saturated rings. The van der Waals surface area contributed by atoms with Crippen LogP contribution in [0.2, 0.25) is 0 Å². The minimum atomic E-state index is -1.15. The molecule has 6 N–H and O–H groups in total. The molecule has 1 aromatic carbocycles. The molecule has 1 atom stereocenters. The van der Waals surface area contributed by atoms with Gasteiger partial charge in [0, 0.05) is 16.6 Å². The molecule has 8 heteroatoms. The molecule has 0 aliphatic carbocycles. The molecular formula is C13H17BrN2O5. The molecule has 0 spiro atoms. The van der Waals surface area contributed by atoms with Gasteiger partial charge in [-0.3, -0.25) is 14.9 Å². The predicted octanol–water partition coefficient (Wildman–Crippen LogP) is 0.544. The molecule has 1 aromatic rings. The zero-order valence-electron chi connectivity index (χ0n) is 11.2. The number of aromatic hydroxyl groups is 1. The Morgan fingerprint density at radius 3 is 2.48 bits per heavy atom. The number of phenolic OH excluding ortho intramolecular Hbond substituents is 1. The Hall–Kier alpha value is -1.64. The highest BCUT2D eigenvalue weighted by molar-refractivity contribution is 9.10. The van der Waals surface area contributed by atoms with E-state index >= 15 is 0 Å². The highest BCUT2D eigenvalue weighted by atomic mass is 79.9. The number of rotatable bonds is 8. The van der Waals surface area contributed by atoms with Crippen molar-refractivity contribution in [2.75, 3.05) is 13.1 Å². The van der Waals surface area contributed by atoms with Crippen molar-refractivity contribution in [1.82, 2.24) is 5.32 Å².